The second-order valence-corrected chi connectivity index (χ2v) is 4.38. The molecule has 0 saturated heterocycles. The van der Waals surface area contributed by atoms with Crippen LogP contribution in [0.3, 0.4) is 0 Å². The van der Waals surface area contributed by atoms with Crippen LogP contribution < -0.4 is 11.1 Å². The van der Waals surface area contributed by atoms with Crippen molar-refractivity contribution in [1.82, 2.24) is 10.3 Å². The summed E-state index contributed by atoms with van der Waals surface area (Å²) in [5.41, 5.74) is 6.06. The summed E-state index contributed by atoms with van der Waals surface area (Å²) in [6.45, 7) is 4.03. The number of carbonyl (C=O) groups excluding carboxylic acids is 1. The Morgan fingerprint density at radius 1 is 1.58 bits per heavy atom. The van der Waals surface area contributed by atoms with Gasteiger partial charge in [-0.1, -0.05) is 0 Å². The normalized spacial score (nSPS) is 12.4. The van der Waals surface area contributed by atoms with Gasteiger partial charge in [0.25, 0.3) is 5.89 Å². The highest BCUT2D eigenvalue weighted by molar-refractivity contribution is 5.78. The van der Waals surface area contributed by atoms with Crippen LogP contribution in [0.4, 0.5) is 0 Å². The number of aryl methyl sites for hydroxylation is 1. The molecule has 6 nitrogen and oxygen atoms in total. The van der Waals surface area contributed by atoms with Crippen LogP contribution in [-0.2, 0) is 11.2 Å². The molecule has 0 unspecified atom stereocenters. The Morgan fingerprint density at radius 2 is 2.37 bits per heavy atom. The van der Waals surface area contributed by atoms with Crippen LogP contribution in [-0.4, -0.2) is 23.5 Å². The van der Waals surface area contributed by atoms with E-state index in [4.69, 9.17) is 14.6 Å². The molecular formula is C13H17N3O3. The fourth-order valence-electron chi connectivity index (χ4n) is 1.63. The summed E-state index contributed by atoms with van der Waals surface area (Å²) in [6.07, 6.45) is 1.71. The van der Waals surface area contributed by atoms with Gasteiger partial charge < -0.3 is 19.9 Å². The zero-order valence-electron chi connectivity index (χ0n) is 11.0. The summed E-state index contributed by atoms with van der Waals surface area (Å²) in [5.74, 6) is 1.42. The molecule has 6 heteroatoms. The van der Waals surface area contributed by atoms with E-state index in [0.29, 0.717) is 29.6 Å². The number of oxazole rings is 1. The molecule has 0 spiro atoms. The minimum absolute atomic E-state index is 0.0516. The van der Waals surface area contributed by atoms with Crippen LogP contribution >= 0.6 is 0 Å². The predicted molar refractivity (Wildman–Crippen MR) is 69.3 cm³/mol. The largest absolute Gasteiger partial charge is 0.459 e. The molecule has 0 bridgehead atoms. The molecule has 1 atom stereocenters. The Kier molecular flexibility index (Phi) is 4.01. The van der Waals surface area contributed by atoms with E-state index in [0.717, 1.165) is 0 Å². The van der Waals surface area contributed by atoms with E-state index >= 15 is 0 Å². The first-order chi connectivity index (χ1) is 9.10. The number of hydrogen-bond acceptors (Lipinski definition) is 5. The Balaban J connectivity index is 2.07. The molecule has 1 amide bonds. The molecule has 0 radical (unpaired) electrons. The standard InChI is InChI=1S/C13H17N3O3/c1-8(7-14)15-12(17)6-10-9(2)19-13(16-10)11-4-3-5-18-11/h3-5,8H,6-7,14H2,1-2H3,(H,15,17)/t8-/m0/s1. The van der Waals surface area contributed by atoms with Gasteiger partial charge in [0, 0.05) is 12.6 Å². The number of amides is 1. The molecule has 2 rings (SSSR count). The summed E-state index contributed by atoms with van der Waals surface area (Å²) in [7, 11) is 0. The molecule has 0 saturated carbocycles. The van der Waals surface area contributed by atoms with Crippen molar-refractivity contribution < 1.29 is 13.6 Å². The van der Waals surface area contributed by atoms with Crippen LogP contribution in [0.5, 0.6) is 0 Å². The molecule has 0 aliphatic heterocycles. The topological polar surface area (TPSA) is 94.3 Å². The Labute approximate surface area is 111 Å². The Hall–Kier alpha value is -2.08. The zero-order valence-corrected chi connectivity index (χ0v) is 11.0. The summed E-state index contributed by atoms with van der Waals surface area (Å²) < 4.78 is 10.7. The van der Waals surface area contributed by atoms with Gasteiger partial charge in [-0.15, -0.1) is 0 Å². The molecule has 0 aliphatic rings. The number of rotatable bonds is 5. The smallest absolute Gasteiger partial charge is 0.263 e. The lowest BCUT2D eigenvalue weighted by atomic mass is 10.2. The lowest BCUT2D eigenvalue weighted by molar-refractivity contribution is -0.121. The average Bonchev–Trinajstić information content (AvgIpc) is 2.99. The van der Waals surface area contributed by atoms with Crippen molar-refractivity contribution in [3.05, 3.63) is 29.9 Å². The molecule has 2 aromatic heterocycles. The Morgan fingerprint density at radius 3 is 3.00 bits per heavy atom. The first-order valence-corrected chi connectivity index (χ1v) is 6.09. The Bertz CT molecular complexity index is 545. The average molecular weight is 263 g/mol. The van der Waals surface area contributed by atoms with Gasteiger partial charge in [0.15, 0.2) is 5.76 Å². The van der Waals surface area contributed by atoms with E-state index in [1.54, 1.807) is 25.3 Å². The summed E-state index contributed by atoms with van der Waals surface area (Å²) in [4.78, 5) is 16.0. The highest BCUT2D eigenvalue weighted by Gasteiger charge is 2.16. The summed E-state index contributed by atoms with van der Waals surface area (Å²) in [5, 5.41) is 2.78. The number of carbonyl (C=O) groups is 1. The van der Waals surface area contributed by atoms with Crippen molar-refractivity contribution in [3.63, 3.8) is 0 Å². The molecule has 2 heterocycles. The summed E-state index contributed by atoms with van der Waals surface area (Å²) in [6, 6.07) is 3.46. The highest BCUT2D eigenvalue weighted by atomic mass is 16.4. The quantitative estimate of drug-likeness (QED) is 0.846. The third-order valence-corrected chi connectivity index (χ3v) is 2.71. The molecule has 3 N–H and O–H groups in total. The van der Waals surface area contributed by atoms with Crippen molar-refractivity contribution in [2.45, 2.75) is 26.3 Å². The molecule has 0 aromatic carbocycles. The van der Waals surface area contributed by atoms with Crippen LogP contribution in [0.25, 0.3) is 11.7 Å². The van der Waals surface area contributed by atoms with E-state index in [2.05, 4.69) is 10.3 Å². The van der Waals surface area contributed by atoms with Gasteiger partial charge in [0.05, 0.1) is 18.4 Å². The summed E-state index contributed by atoms with van der Waals surface area (Å²) >= 11 is 0. The van der Waals surface area contributed by atoms with E-state index < -0.39 is 0 Å². The van der Waals surface area contributed by atoms with Gasteiger partial charge in [-0.3, -0.25) is 4.79 Å². The minimum Gasteiger partial charge on any atom is -0.459 e. The maximum absolute atomic E-state index is 11.8. The van der Waals surface area contributed by atoms with Crippen LogP contribution in [0.15, 0.2) is 27.2 Å². The second kappa shape index (κ2) is 5.71. The van der Waals surface area contributed by atoms with Crippen molar-refractivity contribution in [2.75, 3.05) is 6.54 Å². The van der Waals surface area contributed by atoms with Gasteiger partial charge in [-0.25, -0.2) is 4.98 Å². The second-order valence-electron chi connectivity index (χ2n) is 4.38. The number of nitrogens with one attached hydrogen (secondary N) is 1. The van der Waals surface area contributed by atoms with Crippen LogP contribution in [0.1, 0.15) is 18.4 Å². The van der Waals surface area contributed by atoms with Crippen molar-refractivity contribution in [3.8, 4) is 11.7 Å². The lowest BCUT2D eigenvalue weighted by Crippen LogP contribution is -2.38. The third kappa shape index (κ3) is 3.23. The third-order valence-electron chi connectivity index (χ3n) is 2.71. The predicted octanol–water partition coefficient (Wildman–Crippen LogP) is 1.25. The molecular weight excluding hydrogens is 246 g/mol. The number of hydrogen-bond donors (Lipinski definition) is 2. The van der Waals surface area contributed by atoms with E-state index in [9.17, 15) is 4.79 Å². The maximum Gasteiger partial charge on any atom is 0.263 e. The zero-order chi connectivity index (χ0) is 13.8. The number of aromatic nitrogens is 1. The highest BCUT2D eigenvalue weighted by Crippen LogP contribution is 2.22. The van der Waals surface area contributed by atoms with Crippen molar-refractivity contribution in [2.24, 2.45) is 5.73 Å². The number of nitrogens with zero attached hydrogens (tertiary/aromatic N) is 1. The molecule has 0 fully saturated rings. The SMILES string of the molecule is Cc1oc(-c2ccco2)nc1CC(=O)N[C@@H](C)CN. The van der Waals surface area contributed by atoms with Crippen LogP contribution in [0, 0.1) is 6.92 Å². The fraction of sp³-hybridized carbons (Fsp3) is 0.385. The van der Waals surface area contributed by atoms with Crippen LogP contribution in [0.2, 0.25) is 0 Å². The van der Waals surface area contributed by atoms with Crippen molar-refractivity contribution >= 4 is 5.91 Å². The van der Waals surface area contributed by atoms with Gasteiger partial charge in [-0.2, -0.15) is 0 Å². The lowest BCUT2D eigenvalue weighted by Gasteiger charge is -2.10. The monoisotopic (exact) mass is 263 g/mol. The fourth-order valence-corrected chi connectivity index (χ4v) is 1.63. The van der Waals surface area contributed by atoms with Gasteiger partial charge in [0.1, 0.15) is 5.76 Å². The number of furan rings is 1. The van der Waals surface area contributed by atoms with E-state index in [-0.39, 0.29) is 18.4 Å². The molecule has 19 heavy (non-hydrogen) atoms. The maximum atomic E-state index is 11.8. The molecule has 2 aromatic rings. The van der Waals surface area contributed by atoms with E-state index in [1.807, 2.05) is 6.92 Å². The van der Waals surface area contributed by atoms with Gasteiger partial charge in [0.2, 0.25) is 5.91 Å². The minimum atomic E-state index is -0.125. The van der Waals surface area contributed by atoms with Gasteiger partial charge in [-0.05, 0) is 26.0 Å². The number of nitrogens with two attached hydrogens (primary N) is 1. The first-order valence-electron chi connectivity index (χ1n) is 6.09. The van der Waals surface area contributed by atoms with Gasteiger partial charge >= 0.3 is 0 Å². The molecule has 0 aliphatic carbocycles. The molecule has 102 valence electrons. The van der Waals surface area contributed by atoms with E-state index in [1.165, 1.54) is 0 Å². The first kappa shape index (κ1) is 13.4. The van der Waals surface area contributed by atoms with Crippen molar-refractivity contribution in [1.29, 1.82) is 0 Å².